The number of hydrazine groups is 1. The van der Waals surface area contributed by atoms with E-state index in [0.29, 0.717) is 10.1 Å². The molecule has 0 spiro atoms. The lowest BCUT2D eigenvalue weighted by Crippen LogP contribution is -2.36. The van der Waals surface area contributed by atoms with Crippen molar-refractivity contribution in [1.82, 2.24) is 25.3 Å². The minimum atomic E-state index is -1.15. The third-order valence-electron chi connectivity index (χ3n) is 6.69. The molecule has 11 N–H and O–H groups in total. The molecule has 3 aliphatic heterocycles. The fourth-order valence-electron chi connectivity index (χ4n) is 4.03. The predicted molar refractivity (Wildman–Crippen MR) is 267 cm³/mol. The zero-order valence-electron chi connectivity index (χ0n) is 36.9. The van der Waals surface area contributed by atoms with Crippen LogP contribution >= 0.6 is 68.7 Å². The Balaban J connectivity index is -0.000000110. The summed E-state index contributed by atoms with van der Waals surface area (Å²) in [5, 5.41) is 19.5. The highest BCUT2D eigenvalue weighted by Gasteiger charge is 2.14. The summed E-state index contributed by atoms with van der Waals surface area (Å²) in [5.41, 5.74) is 5.32. The molecule has 1 unspecified atom stereocenters. The van der Waals surface area contributed by atoms with Crippen molar-refractivity contribution in [3.05, 3.63) is 50.1 Å². The highest BCUT2D eigenvalue weighted by molar-refractivity contribution is 8.21. The minimum Gasteiger partial charge on any atom is -0.486 e. The number of rotatable bonds is 9. The Kier molecular flexibility index (Phi) is 68.6. The molecule has 3 fully saturated rings. The largest absolute Gasteiger partial charge is 0.486 e. The summed E-state index contributed by atoms with van der Waals surface area (Å²) in [5.74, 6) is 8.37. The van der Waals surface area contributed by atoms with Crippen LogP contribution in [0.4, 0.5) is 16.3 Å². The number of aromatic amines is 1. The number of carboxylic acid groups (broad SMARTS) is 1. The average Bonchev–Trinajstić information content (AvgIpc) is 3.69. The zero-order valence-corrected chi connectivity index (χ0v) is 42.4. The molecular formula is C35H77FN11O6PS5. The Bertz CT molecular complexity index is 1160. The molecule has 24 heteroatoms. The van der Waals surface area contributed by atoms with E-state index in [1.165, 1.54) is 43.2 Å². The standard InChI is InChI=1S/C8H12N2OS.C7H12N4O.C6H7NO2S2.C6H15N.C4H9NO.2C2H6S.FH.H4N2.H2O.H3P/c1-9-7-8(12-2)10-3-5-11-6-4-10;8-6-5-7(10-9-6)11-1-3-12-4-2-11;1-7-4(5(8)9)6(10-2)11-3;1-4-7(5-2)6-3;1-3-6-4-2-5-1;2*1-3-2;;1-2;;/h7H,3-6H2,2H3;5H,1-4H2,(H3,8,9,10);2-3H3,(H,8,9);4-6H2,1-3H3;5H,1-4H2;2*1-2H3;1H;1-2H2;1H2;1H3/b8-7-;;;;;;;;;;. The Morgan fingerprint density at radius 3 is 1.53 bits per heavy atom. The molecule has 0 aliphatic carbocycles. The number of aromatic nitrogens is 2. The van der Waals surface area contributed by atoms with Gasteiger partial charge in [-0.3, -0.25) is 26.3 Å². The van der Waals surface area contributed by atoms with E-state index in [4.69, 9.17) is 38.2 Å². The van der Waals surface area contributed by atoms with Gasteiger partial charge in [0.1, 0.15) is 5.82 Å². The van der Waals surface area contributed by atoms with Crippen LogP contribution in [0.3, 0.4) is 0 Å². The first-order valence-electron chi connectivity index (χ1n) is 17.7. The number of nitrogens with zero attached hydrogens (tertiary/aromatic N) is 6. The second kappa shape index (κ2) is 56.3. The van der Waals surface area contributed by atoms with Crippen LogP contribution < -0.4 is 27.6 Å². The number of nitrogen functional groups attached to an aromatic ring is 1. The van der Waals surface area contributed by atoms with E-state index < -0.39 is 5.97 Å². The molecule has 350 valence electrons. The maximum atomic E-state index is 10.4. The SMILES string of the molecule is C1COCCN1.CCN(CC)CC.CSC.CSC.F.NN.Nc1cc(N2CCOCC2)n[nH]1.O.P.[C-]#[N+]/C=C(\SC)N1CCOCC1.[C-]#[N+]C(C(=O)O)=C(SC)SC. The molecule has 3 aliphatic rings. The van der Waals surface area contributed by atoms with E-state index in [1.54, 1.807) is 54.0 Å². The second-order valence-corrected chi connectivity index (χ2v) is 14.8. The Labute approximate surface area is 379 Å². The predicted octanol–water partition coefficient (Wildman–Crippen LogP) is 4.23. The zero-order chi connectivity index (χ0) is 43.4. The molecule has 1 atom stereocenters. The molecule has 4 rings (SSSR count). The monoisotopic (exact) mass is 957 g/mol. The van der Waals surface area contributed by atoms with Crippen LogP contribution in [0.5, 0.6) is 0 Å². The van der Waals surface area contributed by atoms with Crippen molar-refractivity contribution in [2.75, 3.05) is 153 Å². The molecular weight excluding hydrogens is 881 g/mol. The molecule has 17 nitrogen and oxygen atoms in total. The van der Waals surface area contributed by atoms with Gasteiger partial charge in [0, 0.05) is 45.3 Å². The summed E-state index contributed by atoms with van der Waals surface area (Å²) >= 11 is 7.68. The van der Waals surface area contributed by atoms with Crippen molar-refractivity contribution >= 4 is 86.3 Å². The van der Waals surface area contributed by atoms with Crippen LogP contribution in [0, 0.1) is 13.1 Å². The van der Waals surface area contributed by atoms with E-state index in [1.807, 2.05) is 37.3 Å². The number of morpholine rings is 3. The molecule has 0 saturated carbocycles. The number of halogens is 1. The number of aliphatic carboxylic acids is 1. The molecule has 4 heterocycles. The van der Waals surface area contributed by atoms with E-state index in [2.05, 4.69) is 72.4 Å². The number of H-pyrrole nitrogens is 1. The smallest absolute Gasteiger partial charge is 0.335 e. The Hall–Kier alpha value is -1.67. The molecule has 0 aromatic carbocycles. The van der Waals surface area contributed by atoms with Gasteiger partial charge in [-0.05, 0) is 63.4 Å². The average molecular weight is 958 g/mol. The number of thioether (sulfide) groups is 5. The van der Waals surface area contributed by atoms with E-state index in [9.17, 15) is 4.79 Å². The van der Waals surface area contributed by atoms with Gasteiger partial charge < -0.3 is 50.5 Å². The number of nitrogens with two attached hydrogens (primary N) is 3. The molecule has 0 amide bonds. The lowest BCUT2D eigenvalue weighted by Gasteiger charge is -2.29. The lowest BCUT2D eigenvalue weighted by molar-refractivity contribution is -0.132. The highest BCUT2D eigenvalue weighted by atomic mass is 32.2. The summed E-state index contributed by atoms with van der Waals surface area (Å²) in [6.45, 7) is 34.0. The van der Waals surface area contributed by atoms with Gasteiger partial charge >= 0.3 is 5.97 Å². The van der Waals surface area contributed by atoms with Crippen molar-refractivity contribution in [2.24, 2.45) is 11.7 Å². The number of carbonyl (C=O) groups is 1. The van der Waals surface area contributed by atoms with E-state index in [0.717, 1.165) is 89.8 Å². The van der Waals surface area contributed by atoms with Crippen molar-refractivity contribution in [3.63, 3.8) is 0 Å². The Morgan fingerprint density at radius 2 is 1.29 bits per heavy atom. The van der Waals surface area contributed by atoms with Crippen LogP contribution in [0.25, 0.3) is 9.69 Å². The van der Waals surface area contributed by atoms with Gasteiger partial charge in [-0.1, -0.05) is 20.8 Å². The van der Waals surface area contributed by atoms with Crippen LogP contribution in [0.15, 0.2) is 27.2 Å². The molecule has 3 saturated heterocycles. The van der Waals surface area contributed by atoms with Crippen molar-refractivity contribution in [2.45, 2.75) is 20.8 Å². The van der Waals surface area contributed by atoms with E-state index in [-0.39, 0.29) is 25.8 Å². The molecule has 59 heavy (non-hydrogen) atoms. The summed E-state index contributed by atoms with van der Waals surface area (Å²) in [7, 11) is 0. The third-order valence-corrected chi connectivity index (χ3v) is 9.60. The fraction of sp³-hybridized carbons (Fsp3) is 0.714. The Morgan fingerprint density at radius 1 is 0.864 bits per heavy atom. The topological polar surface area (TPSA) is 234 Å². The van der Waals surface area contributed by atoms with E-state index >= 15 is 0 Å². The van der Waals surface area contributed by atoms with Gasteiger partial charge in [0.05, 0.1) is 62.1 Å². The van der Waals surface area contributed by atoms with Gasteiger partial charge in [0.15, 0.2) is 12.0 Å². The van der Waals surface area contributed by atoms with Crippen molar-refractivity contribution in [3.8, 4) is 0 Å². The molecule has 1 aromatic heterocycles. The normalized spacial score (nSPS) is 13.5. The van der Waals surface area contributed by atoms with Gasteiger partial charge in [0.2, 0.25) is 0 Å². The third kappa shape index (κ3) is 42.8. The maximum absolute atomic E-state index is 10.4. The van der Waals surface area contributed by atoms with Crippen molar-refractivity contribution < 1.29 is 34.3 Å². The molecule has 1 aromatic rings. The summed E-state index contributed by atoms with van der Waals surface area (Å²) < 4.78 is 16.0. The molecule has 0 bridgehead atoms. The maximum Gasteiger partial charge on any atom is 0.335 e. The number of carboxylic acids is 1. The quantitative estimate of drug-likeness (QED) is 0.0668. The number of hydrogen-bond donors (Lipinski definition) is 6. The van der Waals surface area contributed by atoms with Crippen LogP contribution in [-0.2, 0) is 19.0 Å². The summed E-state index contributed by atoms with van der Waals surface area (Å²) in [4.78, 5) is 23.3. The minimum absolute atomic E-state index is 0. The lowest BCUT2D eigenvalue weighted by atomic mass is 10.4. The number of ether oxygens (including phenoxy) is 3. The van der Waals surface area contributed by atoms with Gasteiger partial charge in [0.25, 0.3) is 5.70 Å². The van der Waals surface area contributed by atoms with Crippen LogP contribution in [-0.4, -0.2) is 179 Å². The highest BCUT2D eigenvalue weighted by Crippen LogP contribution is 2.28. The molecule has 0 radical (unpaired) electrons. The first-order chi connectivity index (χ1) is 27.1. The summed E-state index contributed by atoms with van der Waals surface area (Å²) in [6, 6.07) is 1.84. The second-order valence-electron chi connectivity index (χ2n) is 10.4. The van der Waals surface area contributed by atoms with Gasteiger partial charge in [-0.15, -0.1) is 35.3 Å². The van der Waals surface area contributed by atoms with Gasteiger partial charge in [-0.25, -0.2) is 9.69 Å². The number of anilines is 2. The van der Waals surface area contributed by atoms with Crippen molar-refractivity contribution in [1.29, 1.82) is 0 Å². The van der Waals surface area contributed by atoms with Gasteiger partial charge in [-0.2, -0.15) is 38.5 Å². The van der Waals surface area contributed by atoms with Crippen LogP contribution in [0.1, 0.15) is 20.8 Å². The number of nitrogens with one attached hydrogen (secondary N) is 2. The fourth-order valence-corrected chi connectivity index (χ4v) is 5.94. The first-order valence-corrected chi connectivity index (χ1v) is 24.7. The first kappa shape index (κ1) is 71.8. The van der Waals surface area contributed by atoms with Crippen LogP contribution in [0.2, 0.25) is 0 Å². The number of hydrogen-bond acceptors (Lipinski definition) is 17. The summed E-state index contributed by atoms with van der Waals surface area (Å²) in [6.07, 6.45) is 15.2.